The molecule has 1 heterocycles. The highest BCUT2D eigenvalue weighted by atomic mass is 35.5. The van der Waals surface area contributed by atoms with Crippen molar-refractivity contribution in [3.05, 3.63) is 5.28 Å². The molecule has 1 aromatic rings. The topological polar surface area (TPSA) is 45.2 Å². The molecular weight excluding hydrogens is 286 g/mol. The van der Waals surface area contributed by atoms with Gasteiger partial charge in [0.05, 0.1) is 0 Å². The van der Waals surface area contributed by atoms with Crippen LogP contribution in [0.5, 0.6) is 0 Å². The number of aromatic nitrogens is 3. The number of hydrogen-bond acceptors (Lipinski definition) is 5. The van der Waals surface area contributed by atoms with Gasteiger partial charge in [-0.15, -0.1) is 0 Å². The predicted molar refractivity (Wildman–Crippen MR) is 90.3 cm³/mol. The zero-order chi connectivity index (χ0) is 16.0. The van der Waals surface area contributed by atoms with Crippen LogP contribution in [0.15, 0.2) is 0 Å². The fraction of sp³-hybridized carbons (Fsp3) is 0.800. The van der Waals surface area contributed by atoms with Crippen molar-refractivity contribution in [3.8, 4) is 0 Å². The number of halogens is 1. The van der Waals surface area contributed by atoms with E-state index in [-0.39, 0.29) is 5.28 Å². The Morgan fingerprint density at radius 3 is 1.76 bits per heavy atom. The normalized spacial score (nSPS) is 11.3. The van der Waals surface area contributed by atoms with E-state index in [0.717, 1.165) is 25.9 Å². The van der Waals surface area contributed by atoms with Crippen molar-refractivity contribution in [2.24, 2.45) is 11.8 Å². The molecule has 1 rings (SSSR count). The molecule has 0 spiro atoms. The fourth-order valence-corrected chi connectivity index (χ4v) is 1.96. The summed E-state index contributed by atoms with van der Waals surface area (Å²) < 4.78 is 0. The third-order valence-corrected chi connectivity index (χ3v) is 3.39. The first-order valence-corrected chi connectivity index (χ1v) is 8.01. The summed E-state index contributed by atoms with van der Waals surface area (Å²) in [5.74, 6) is 2.58. The highest BCUT2D eigenvalue weighted by molar-refractivity contribution is 6.28. The molecule has 0 saturated carbocycles. The largest absolute Gasteiger partial charge is 0.347 e. The first-order valence-electron chi connectivity index (χ1n) is 7.63. The standard InChI is InChI=1S/C15H28ClN5/c1-11(2)7-9-21(10-8-12(3)4)15-18-13(16)17-14(19-15)20(5)6/h11-12H,7-10H2,1-6H3. The lowest BCUT2D eigenvalue weighted by Gasteiger charge is -2.25. The number of anilines is 2. The zero-order valence-corrected chi connectivity index (χ0v) is 14.9. The molecule has 0 amide bonds. The molecule has 5 nitrogen and oxygen atoms in total. The van der Waals surface area contributed by atoms with Crippen LogP contribution >= 0.6 is 11.6 Å². The second-order valence-corrected chi connectivity index (χ2v) is 6.79. The lowest BCUT2D eigenvalue weighted by molar-refractivity contribution is 0.529. The molecule has 21 heavy (non-hydrogen) atoms. The molecule has 0 aliphatic heterocycles. The molecule has 0 unspecified atom stereocenters. The van der Waals surface area contributed by atoms with Crippen molar-refractivity contribution in [3.63, 3.8) is 0 Å². The molecule has 1 aromatic heterocycles. The molecule has 0 atom stereocenters. The van der Waals surface area contributed by atoms with Crippen LogP contribution in [0.4, 0.5) is 11.9 Å². The average Bonchev–Trinajstić information content (AvgIpc) is 2.37. The smallest absolute Gasteiger partial charge is 0.231 e. The Balaban J connectivity index is 2.94. The Morgan fingerprint density at radius 2 is 1.33 bits per heavy atom. The quantitative estimate of drug-likeness (QED) is 0.735. The summed E-state index contributed by atoms with van der Waals surface area (Å²) in [5.41, 5.74) is 0. The minimum absolute atomic E-state index is 0.253. The predicted octanol–water partition coefficient (Wildman–Crippen LogP) is 3.49. The summed E-state index contributed by atoms with van der Waals surface area (Å²) in [4.78, 5) is 17.1. The number of hydrogen-bond donors (Lipinski definition) is 0. The maximum atomic E-state index is 6.05. The van der Waals surface area contributed by atoms with Crippen LogP contribution in [0, 0.1) is 11.8 Å². The van der Waals surface area contributed by atoms with Gasteiger partial charge < -0.3 is 9.80 Å². The summed E-state index contributed by atoms with van der Waals surface area (Å²) in [7, 11) is 3.81. The van der Waals surface area contributed by atoms with Gasteiger partial charge in [-0.3, -0.25) is 0 Å². The Bertz CT molecular complexity index is 422. The highest BCUT2D eigenvalue weighted by Gasteiger charge is 2.15. The Kier molecular flexibility index (Phi) is 7.15. The first kappa shape index (κ1) is 18.0. The minimum atomic E-state index is 0.253. The number of nitrogens with zero attached hydrogens (tertiary/aromatic N) is 5. The second-order valence-electron chi connectivity index (χ2n) is 6.45. The molecule has 0 N–H and O–H groups in total. The molecule has 0 aliphatic carbocycles. The van der Waals surface area contributed by atoms with Crippen molar-refractivity contribution in [1.82, 2.24) is 15.0 Å². The van der Waals surface area contributed by atoms with Crippen molar-refractivity contribution in [2.75, 3.05) is 37.0 Å². The lowest BCUT2D eigenvalue weighted by Crippen LogP contribution is -2.30. The molecule has 0 saturated heterocycles. The van der Waals surface area contributed by atoms with Crippen LogP contribution in [0.2, 0.25) is 5.28 Å². The molecule has 0 aromatic carbocycles. The van der Waals surface area contributed by atoms with Crippen molar-refractivity contribution in [1.29, 1.82) is 0 Å². The molecule has 0 aliphatic rings. The van der Waals surface area contributed by atoms with Gasteiger partial charge in [0.15, 0.2) is 0 Å². The van der Waals surface area contributed by atoms with Crippen LogP contribution in [0.3, 0.4) is 0 Å². The van der Waals surface area contributed by atoms with Crippen molar-refractivity contribution >= 4 is 23.5 Å². The van der Waals surface area contributed by atoms with Crippen LogP contribution in [-0.4, -0.2) is 42.1 Å². The van der Waals surface area contributed by atoms with Gasteiger partial charge in [-0.05, 0) is 36.3 Å². The zero-order valence-electron chi connectivity index (χ0n) is 14.1. The van der Waals surface area contributed by atoms with E-state index in [9.17, 15) is 0 Å². The maximum Gasteiger partial charge on any atom is 0.231 e. The third kappa shape index (κ3) is 6.46. The van der Waals surface area contributed by atoms with E-state index in [4.69, 9.17) is 11.6 Å². The van der Waals surface area contributed by atoms with E-state index in [1.807, 2.05) is 19.0 Å². The minimum Gasteiger partial charge on any atom is -0.347 e. The van der Waals surface area contributed by atoms with Crippen LogP contribution in [-0.2, 0) is 0 Å². The molecule has 0 radical (unpaired) electrons. The van der Waals surface area contributed by atoms with Gasteiger partial charge in [0, 0.05) is 27.2 Å². The van der Waals surface area contributed by atoms with Crippen LogP contribution < -0.4 is 9.80 Å². The Hall–Kier alpha value is -1.10. The SMILES string of the molecule is CC(C)CCN(CCC(C)C)c1nc(Cl)nc(N(C)C)n1. The van der Waals surface area contributed by atoms with Gasteiger partial charge in [0.25, 0.3) is 0 Å². The first-order chi connectivity index (χ1) is 9.79. The average molecular weight is 314 g/mol. The lowest BCUT2D eigenvalue weighted by atomic mass is 10.1. The highest BCUT2D eigenvalue weighted by Crippen LogP contribution is 2.18. The molecule has 6 heteroatoms. The third-order valence-electron chi connectivity index (χ3n) is 3.22. The van der Waals surface area contributed by atoms with E-state index >= 15 is 0 Å². The van der Waals surface area contributed by atoms with Crippen LogP contribution in [0.1, 0.15) is 40.5 Å². The summed E-state index contributed by atoms with van der Waals surface area (Å²) >= 11 is 6.05. The molecular formula is C15H28ClN5. The van der Waals surface area contributed by atoms with Gasteiger partial charge >= 0.3 is 0 Å². The van der Waals surface area contributed by atoms with E-state index in [1.165, 1.54) is 0 Å². The van der Waals surface area contributed by atoms with E-state index < -0.39 is 0 Å². The Labute approximate surface area is 133 Å². The van der Waals surface area contributed by atoms with E-state index in [1.54, 1.807) is 0 Å². The maximum absolute atomic E-state index is 6.05. The summed E-state index contributed by atoms with van der Waals surface area (Å²) in [5, 5.41) is 0.253. The van der Waals surface area contributed by atoms with Crippen molar-refractivity contribution < 1.29 is 0 Å². The van der Waals surface area contributed by atoms with E-state index in [2.05, 4.69) is 47.5 Å². The van der Waals surface area contributed by atoms with Gasteiger partial charge in [-0.1, -0.05) is 27.7 Å². The van der Waals surface area contributed by atoms with Gasteiger partial charge in [-0.25, -0.2) is 0 Å². The van der Waals surface area contributed by atoms with Gasteiger partial charge in [-0.2, -0.15) is 15.0 Å². The summed E-state index contributed by atoms with van der Waals surface area (Å²) in [6.45, 7) is 10.8. The molecule has 120 valence electrons. The van der Waals surface area contributed by atoms with Crippen molar-refractivity contribution in [2.45, 2.75) is 40.5 Å². The number of rotatable bonds is 8. The van der Waals surface area contributed by atoms with Gasteiger partial charge in [0.2, 0.25) is 17.2 Å². The van der Waals surface area contributed by atoms with Crippen LogP contribution in [0.25, 0.3) is 0 Å². The summed E-state index contributed by atoms with van der Waals surface area (Å²) in [6, 6.07) is 0. The molecule has 0 fully saturated rings. The second kappa shape index (κ2) is 8.37. The Morgan fingerprint density at radius 1 is 0.857 bits per heavy atom. The van der Waals surface area contributed by atoms with Gasteiger partial charge in [0.1, 0.15) is 0 Å². The molecule has 0 bridgehead atoms. The summed E-state index contributed by atoms with van der Waals surface area (Å²) in [6.07, 6.45) is 2.22. The van der Waals surface area contributed by atoms with E-state index in [0.29, 0.717) is 23.7 Å². The monoisotopic (exact) mass is 313 g/mol. The fourth-order valence-electron chi connectivity index (χ4n) is 1.81.